The highest BCUT2D eigenvalue weighted by Crippen LogP contribution is 2.38. The molecule has 41 heavy (non-hydrogen) atoms. The zero-order chi connectivity index (χ0) is 28.7. The van der Waals surface area contributed by atoms with Crippen molar-refractivity contribution < 1.29 is 4.58 Å². The van der Waals surface area contributed by atoms with Crippen molar-refractivity contribution in [2.24, 2.45) is 5.92 Å². The molecule has 3 nitrogen and oxygen atoms in total. The molecule has 2 unspecified atom stereocenters. The van der Waals surface area contributed by atoms with Crippen LogP contribution in [0.25, 0.3) is 0 Å². The number of nitrogens with zero attached hydrogens (tertiary/aromatic N) is 1. The smallest absolute Gasteiger partial charge is 0.170 e. The molecular weight excluding hydrogens is 498 g/mol. The first-order valence-electron chi connectivity index (χ1n) is 15.7. The van der Waals surface area contributed by atoms with Crippen LogP contribution in [0.4, 0.5) is 0 Å². The van der Waals surface area contributed by atoms with E-state index in [1.165, 1.54) is 62.5 Å². The normalized spacial score (nSPS) is 20.4. The lowest BCUT2D eigenvalue weighted by Crippen LogP contribution is -2.48. The lowest BCUT2D eigenvalue weighted by molar-refractivity contribution is -0.493. The van der Waals surface area contributed by atoms with Crippen molar-refractivity contribution >= 4 is 6.21 Å². The number of rotatable bonds is 12. The van der Waals surface area contributed by atoms with E-state index in [4.69, 9.17) is 0 Å². The minimum Gasteiger partial charge on any atom is -0.370 e. The lowest BCUT2D eigenvalue weighted by atomic mass is 9.71. The second kappa shape index (κ2) is 13.4. The highest BCUT2D eigenvalue weighted by atomic mass is 15.1. The fourth-order valence-electron chi connectivity index (χ4n) is 6.78. The van der Waals surface area contributed by atoms with E-state index in [0.29, 0.717) is 6.04 Å². The summed E-state index contributed by atoms with van der Waals surface area (Å²) in [5.74, 6) is 2.49. The van der Waals surface area contributed by atoms with Crippen molar-refractivity contribution in [2.45, 2.75) is 88.6 Å². The quantitative estimate of drug-likeness (QED) is 0.181. The molecule has 0 aromatic heterocycles. The van der Waals surface area contributed by atoms with Gasteiger partial charge in [-0.25, -0.2) is 4.58 Å². The summed E-state index contributed by atoms with van der Waals surface area (Å²) in [6.45, 7) is 10.0. The first kappa shape index (κ1) is 29.0. The molecule has 3 aromatic rings. The van der Waals surface area contributed by atoms with Gasteiger partial charge in [-0.3, -0.25) is 0 Å². The van der Waals surface area contributed by atoms with Gasteiger partial charge in [0.15, 0.2) is 6.21 Å². The van der Waals surface area contributed by atoms with Gasteiger partial charge in [-0.1, -0.05) is 79.7 Å². The fraction of sp³-hybridized carbons (Fsp3) is 0.447. The summed E-state index contributed by atoms with van der Waals surface area (Å²) in [6.07, 6.45) is 12.7. The maximum atomic E-state index is 4.39. The predicted octanol–water partition coefficient (Wildman–Crippen LogP) is 7.61. The number of nitrogens with one attached hydrogen (secondary N) is 2. The zero-order valence-electron chi connectivity index (χ0n) is 25.3. The van der Waals surface area contributed by atoms with Crippen LogP contribution in [0.3, 0.4) is 0 Å². The minimum absolute atomic E-state index is 0.120. The Morgan fingerprint density at radius 1 is 1.00 bits per heavy atom. The first-order chi connectivity index (χ1) is 19.9. The summed E-state index contributed by atoms with van der Waals surface area (Å²) in [7, 11) is 2.25. The molecule has 214 valence electrons. The number of hydrogen-bond acceptors (Lipinski definition) is 2. The molecule has 2 aliphatic rings. The van der Waals surface area contributed by atoms with Gasteiger partial charge < -0.3 is 10.6 Å². The monoisotopic (exact) mass is 546 g/mol. The predicted molar refractivity (Wildman–Crippen MR) is 171 cm³/mol. The highest BCUT2D eigenvalue weighted by Gasteiger charge is 2.36. The van der Waals surface area contributed by atoms with Crippen LogP contribution in [0.15, 0.2) is 85.2 Å². The topological polar surface area (TPSA) is 27.1 Å². The van der Waals surface area contributed by atoms with E-state index < -0.39 is 0 Å². The molecule has 0 amide bonds. The van der Waals surface area contributed by atoms with Crippen LogP contribution in [-0.4, -0.2) is 36.5 Å². The van der Waals surface area contributed by atoms with E-state index in [0.717, 1.165) is 29.8 Å². The van der Waals surface area contributed by atoms with Crippen molar-refractivity contribution in [3.8, 4) is 0 Å². The van der Waals surface area contributed by atoms with Gasteiger partial charge in [-0.2, -0.15) is 0 Å². The maximum Gasteiger partial charge on any atom is 0.170 e. The third kappa shape index (κ3) is 7.05. The Morgan fingerprint density at radius 3 is 2.41 bits per heavy atom. The van der Waals surface area contributed by atoms with Gasteiger partial charge in [0.25, 0.3) is 0 Å². The molecule has 0 heterocycles. The Bertz CT molecular complexity index is 1240. The lowest BCUT2D eigenvalue weighted by Gasteiger charge is -2.38. The standard InChI is InChI=1S/C38H48N3/c1-29(38(3,34-17-7-5-8-18-34)35-19-9-6-10-20-35)39-30(2)40-36-24-22-31(23-25-36)26-27-41(4)28-33-14-11-12-21-37(33)32-15-13-16-32/h5-9,11-12,14,17-19,21,28-29,31-32,36,39-40H,2,13,15-16,22-27H2,1,3-4H3/q+1. The van der Waals surface area contributed by atoms with E-state index in [1.807, 2.05) is 6.07 Å². The van der Waals surface area contributed by atoms with E-state index >= 15 is 0 Å². The van der Waals surface area contributed by atoms with Crippen molar-refractivity contribution in [1.82, 2.24) is 10.6 Å². The first-order valence-corrected chi connectivity index (χ1v) is 15.7. The Kier molecular flexibility index (Phi) is 9.50. The summed E-state index contributed by atoms with van der Waals surface area (Å²) < 4.78 is 2.42. The van der Waals surface area contributed by atoms with Gasteiger partial charge in [-0.15, -0.1) is 0 Å². The molecule has 0 radical (unpaired) electrons. The molecule has 0 saturated heterocycles. The van der Waals surface area contributed by atoms with Gasteiger partial charge in [0.1, 0.15) is 13.6 Å². The van der Waals surface area contributed by atoms with Crippen molar-refractivity contribution in [2.75, 3.05) is 13.6 Å². The number of benzene rings is 2. The molecule has 2 atom stereocenters. The summed E-state index contributed by atoms with van der Waals surface area (Å²) in [5.41, 5.74) is 5.10. The van der Waals surface area contributed by atoms with Gasteiger partial charge in [0.05, 0.1) is 5.82 Å². The summed E-state index contributed by atoms with van der Waals surface area (Å²) in [5, 5.41) is 7.44. The van der Waals surface area contributed by atoms with Crippen LogP contribution in [0.1, 0.15) is 93.4 Å². The molecule has 0 bridgehead atoms. The summed E-state index contributed by atoms with van der Waals surface area (Å²) in [6, 6.07) is 33.0. The largest absolute Gasteiger partial charge is 0.370 e. The second-order valence-electron chi connectivity index (χ2n) is 12.6. The molecule has 3 heteroatoms. The van der Waals surface area contributed by atoms with Crippen LogP contribution in [0.5, 0.6) is 0 Å². The average molecular weight is 547 g/mol. The Labute approximate surface area is 248 Å². The fourth-order valence-corrected chi connectivity index (χ4v) is 6.78. The van der Waals surface area contributed by atoms with Crippen molar-refractivity contribution in [3.63, 3.8) is 0 Å². The van der Waals surface area contributed by atoms with E-state index in [1.54, 1.807) is 5.56 Å². The Morgan fingerprint density at radius 2 is 1.73 bits per heavy atom. The Balaban J connectivity index is 1.10. The van der Waals surface area contributed by atoms with Crippen LogP contribution >= 0.6 is 0 Å². The van der Waals surface area contributed by atoms with E-state index in [-0.39, 0.29) is 11.5 Å². The van der Waals surface area contributed by atoms with E-state index in [2.05, 4.69) is 128 Å². The molecule has 0 aliphatic heterocycles. The van der Waals surface area contributed by atoms with Crippen LogP contribution < -0.4 is 10.6 Å². The SMILES string of the molecule is C=C(NC1CCC(CC[N+](C)=Cc2ccccc2C2CCC2)CC1)NC(C)C(C)(c1c#cccc1)c1ccccc1. The highest BCUT2D eigenvalue weighted by molar-refractivity contribution is 5.78. The second-order valence-corrected chi connectivity index (χ2v) is 12.6. The summed E-state index contributed by atoms with van der Waals surface area (Å²) >= 11 is 0. The third-order valence-corrected chi connectivity index (χ3v) is 9.85. The van der Waals surface area contributed by atoms with Crippen LogP contribution in [-0.2, 0) is 5.41 Å². The van der Waals surface area contributed by atoms with Crippen molar-refractivity contribution in [3.05, 3.63) is 120 Å². The maximum absolute atomic E-state index is 4.39. The minimum atomic E-state index is -0.261. The van der Waals surface area contributed by atoms with Gasteiger partial charge in [0.2, 0.25) is 0 Å². The Hall–Kier alpha value is -3.51. The van der Waals surface area contributed by atoms with E-state index in [9.17, 15) is 0 Å². The van der Waals surface area contributed by atoms with Gasteiger partial charge >= 0.3 is 0 Å². The molecule has 0 spiro atoms. The average Bonchev–Trinajstić information content (AvgIpc) is 2.97. The molecule has 2 saturated carbocycles. The van der Waals surface area contributed by atoms with Crippen LogP contribution in [0.2, 0.25) is 0 Å². The van der Waals surface area contributed by atoms with Crippen LogP contribution in [0, 0.1) is 18.1 Å². The number of hydrogen-bond donors (Lipinski definition) is 2. The van der Waals surface area contributed by atoms with Gasteiger partial charge in [0, 0.05) is 35.0 Å². The third-order valence-electron chi connectivity index (χ3n) is 9.85. The van der Waals surface area contributed by atoms with Gasteiger partial charge in [-0.05, 0) is 93.5 Å². The molecular formula is C38H48N3+. The molecule has 2 N–H and O–H groups in total. The molecule has 3 aromatic carbocycles. The molecule has 2 fully saturated rings. The molecule has 5 rings (SSSR count). The zero-order valence-corrected chi connectivity index (χ0v) is 25.3. The summed E-state index contributed by atoms with van der Waals surface area (Å²) in [4.78, 5) is 0. The van der Waals surface area contributed by atoms with Crippen molar-refractivity contribution in [1.29, 1.82) is 0 Å². The molecule has 2 aliphatic carbocycles.